The van der Waals surface area contributed by atoms with E-state index in [9.17, 15) is 0 Å². The number of benzene rings is 1. The van der Waals surface area contributed by atoms with Crippen LogP contribution in [0.2, 0.25) is 0 Å². The van der Waals surface area contributed by atoms with Gasteiger partial charge in [-0.2, -0.15) is 0 Å². The smallest absolute Gasteiger partial charge is 0.0128 e. The first-order valence-electron chi connectivity index (χ1n) is 5.81. The van der Waals surface area contributed by atoms with Crippen LogP contribution in [-0.4, -0.2) is 0 Å². The van der Waals surface area contributed by atoms with Crippen LogP contribution in [0.4, 0.5) is 0 Å². The van der Waals surface area contributed by atoms with Crippen molar-refractivity contribution in [2.24, 2.45) is 5.41 Å². The highest BCUT2D eigenvalue weighted by Gasteiger charge is 2.40. The summed E-state index contributed by atoms with van der Waals surface area (Å²) in [5.74, 6) is 0.744. The first-order chi connectivity index (χ1) is 6.73. The Hall–Kier alpha value is -0.780. The van der Waals surface area contributed by atoms with Crippen LogP contribution < -0.4 is 0 Å². The monoisotopic (exact) mass is 188 g/mol. The van der Waals surface area contributed by atoms with Crippen LogP contribution in [0.25, 0.3) is 0 Å². The van der Waals surface area contributed by atoms with Crippen molar-refractivity contribution in [3.63, 3.8) is 0 Å². The molecular weight excluding hydrogens is 168 g/mol. The summed E-state index contributed by atoms with van der Waals surface area (Å²) >= 11 is 0. The molecule has 0 saturated carbocycles. The van der Waals surface area contributed by atoms with Gasteiger partial charge in [0.1, 0.15) is 0 Å². The molecule has 1 aromatic carbocycles. The lowest BCUT2D eigenvalue weighted by atomic mass is 9.73. The van der Waals surface area contributed by atoms with Gasteiger partial charge in [0.15, 0.2) is 0 Å². The molecule has 14 heavy (non-hydrogen) atoms. The molecule has 0 aliphatic heterocycles. The summed E-state index contributed by atoms with van der Waals surface area (Å²) in [7, 11) is 0. The highest BCUT2D eigenvalue weighted by molar-refractivity contribution is 5.38. The van der Waals surface area contributed by atoms with Gasteiger partial charge in [-0.3, -0.25) is 0 Å². The Kier molecular flexibility index (Phi) is 2.38. The third-order valence-corrected chi connectivity index (χ3v) is 4.39. The SMILES string of the molecule is CCC1(CC)Cc2ccccc2C1C. The molecular formula is C14H20. The predicted octanol–water partition coefficient (Wildman–Crippen LogP) is 4.15. The van der Waals surface area contributed by atoms with Crippen LogP contribution in [0.3, 0.4) is 0 Å². The van der Waals surface area contributed by atoms with Crippen molar-refractivity contribution < 1.29 is 0 Å². The van der Waals surface area contributed by atoms with E-state index in [0.717, 1.165) is 5.92 Å². The summed E-state index contributed by atoms with van der Waals surface area (Å²) in [5, 5.41) is 0. The first-order valence-corrected chi connectivity index (χ1v) is 5.81. The van der Waals surface area contributed by atoms with E-state index in [4.69, 9.17) is 0 Å². The zero-order valence-electron chi connectivity index (χ0n) is 9.51. The molecule has 0 aromatic heterocycles. The zero-order valence-corrected chi connectivity index (χ0v) is 9.51. The van der Waals surface area contributed by atoms with Gasteiger partial charge in [-0.15, -0.1) is 0 Å². The number of hydrogen-bond donors (Lipinski definition) is 0. The average Bonchev–Trinajstić information content (AvgIpc) is 2.53. The Morgan fingerprint density at radius 1 is 1.21 bits per heavy atom. The quantitative estimate of drug-likeness (QED) is 0.654. The Morgan fingerprint density at radius 3 is 2.43 bits per heavy atom. The molecule has 0 fully saturated rings. The molecule has 0 nitrogen and oxygen atoms in total. The maximum atomic E-state index is 2.40. The molecule has 0 bridgehead atoms. The zero-order chi connectivity index (χ0) is 10.2. The minimum Gasteiger partial charge on any atom is -0.0648 e. The van der Waals surface area contributed by atoms with Crippen molar-refractivity contribution in [3.8, 4) is 0 Å². The lowest BCUT2D eigenvalue weighted by Gasteiger charge is -2.31. The second-order valence-electron chi connectivity index (χ2n) is 4.67. The van der Waals surface area contributed by atoms with Gasteiger partial charge in [-0.05, 0) is 41.7 Å². The molecule has 0 radical (unpaired) electrons. The van der Waals surface area contributed by atoms with Crippen LogP contribution in [0, 0.1) is 5.41 Å². The Bertz CT molecular complexity index is 321. The van der Waals surface area contributed by atoms with E-state index in [1.807, 2.05) is 0 Å². The summed E-state index contributed by atoms with van der Waals surface area (Å²) in [6.45, 7) is 7.08. The van der Waals surface area contributed by atoms with Gasteiger partial charge in [0.2, 0.25) is 0 Å². The fourth-order valence-corrected chi connectivity index (χ4v) is 3.09. The molecule has 1 aliphatic rings. The molecule has 2 rings (SSSR count). The lowest BCUT2D eigenvalue weighted by molar-refractivity contribution is 0.234. The van der Waals surface area contributed by atoms with Gasteiger partial charge in [0, 0.05) is 0 Å². The van der Waals surface area contributed by atoms with Crippen LogP contribution in [0.5, 0.6) is 0 Å². The summed E-state index contributed by atoms with van der Waals surface area (Å²) < 4.78 is 0. The largest absolute Gasteiger partial charge is 0.0648 e. The van der Waals surface area contributed by atoms with Crippen LogP contribution in [-0.2, 0) is 6.42 Å². The fourth-order valence-electron chi connectivity index (χ4n) is 3.09. The van der Waals surface area contributed by atoms with Gasteiger partial charge >= 0.3 is 0 Å². The van der Waals surface area contributed by atoms with Crippen LogP contribution in [0.1, 0.15) is 50.7 Å². The molecule has 1 aromatic rings. The van der Waals surface area contributed by atoms with Crippen molar-refractivity contribution >= 4 is 0 Å². The van der Waals surface area contributed by atoms with E-state index in [-0.39, 0.29) is 0 Å². The molecule has 1 atom stereocenters. The maximum Gasteiger partial charge on any atom is -0.0128 e. The minimum absolute atomic E-state index is 0.545. The fraction of sp³-hybridized carbons (Fsp3) is 0.571. The van der Waals surface area contributed by atoms with E-state index < -0.39 is 0 Å². The van der Waals surface area contributed by atoms with Crippen molar-refractivity contribution in [2.45, 2.75) is 46.0 Å². The molecule has 0 saturated heterocycles. The average molecular weight is 188 g/mol. The molecule has 1 aliphatic carbocycles. The van der Waals surface area contributed by atoms with E-state index in [1.54, 1.807) is 11.1 Å². The molecule has 1 unspecified atom stereocenters. The van der Waals surface area contributed by atoms with Gasteiger partial charge < -0.3 is 0 Å². The van der Waals surface area contributed by atoms with E-state index in [0.29, 0.717) is 5.41 Å². The Morgan fingerprint density at radius 2 is 1.86 bits per heavy atom. The third-order valence-electron chi connectivity index (χ3n) is 4.39. The highest BCUT2D eigenvalue weighted by Crippen LogP contribution is 2.51. The molecule has 0 spiro atoms. The first kappa shape index (κ1) is 9.76. The van der Waals surface area contributed by atoms with E-state index in [1.165, 1.54) is 19.3 Å². The molecule has 0 heteroatoms. The van der Waals surface area contributed by atoms with Crippen molar-refractivity contribution in [1.82, 2.24) is 0 Å². The van der Waals surface area contributed by atoms with Crippen molar-refractivity contribution in [1.29, 1.82) is 0 Å². The third kappa shape index (κ3) is 1.20. The minimum atomic E-state index is 0.545. The maximum absolute atomic E-state index is 2.40. The number of rotatable bonds is 2. The molecule has 76 valence electrons. The van der Waals surface area contributed by atoms with Crippen molar-refractivity contribution in [2.75, 3.05) is 0 Å². The second-order valence-corrected chi connectivity index (χ2v) is 4.67. The second kappa shape index (κ2) is 3.42. The van der Waals surface area contributed by atoms with Crippen LogP contribution in [0.15, 0.2) is 24.3 Å². The Labute approximate surface area is 87.3 Å². The predicted molar refractivity (Wildman–Crippen MR) is 61.6 cm³/mol. The summed E-state index contributed by atoms with van der Waals surface area (Å²) in [5.41, 5.74) is 3.73. The topological polar surface area (TPSA) is 0 Å². The summed E-state index contributed by atoms with van der Waals surface area (Å²) in [6, 6.07) is 8.97. The number of fused-ring (bicyclic) bond motifs is 1. The highest BCUT2D eigenvalue weighted by atomic mass is 14.4. The standard InChI is InChI=1S/C14H20/c1-4-14(5-2)10-12-8-6-7-9-13(12)11(14)3/h6-9,11H,4-5,10H2,1-3H3. The van der Waals surface area contributed by atoms with Gasteiger partial charge in [-0.1, -0.05) is 45.0 Å². The van der Waals surface area contributed by atoms with Gasteiger partial charge in [-0.25, -0.2) is 0 Å². The van der Waals surface area contributed by atoms with Gasteiger partial charge in [0.05, 0.1) is 0 Å². The normalized spacial score (nSPS) is 23.5. The summed E-state index contributed by atoms with van der Waals surface area (Å²) in [6.07, 6.45) is 3.90. The van der Waals surface area contributed by atoms with Gasteiger partial charge in [0.25, 0.3) is 0 Å². The van der Waals surface area contributed by atoms with Crippen LogP contribution >= 0.6 is 0 Å². The number of hydrogen-bond acceptors (Lipinski definition) is 0. The lowest BCUT2D eigenvalue weighted by Crippen LogP contribution is -2.22. The Balaban J connectivity index is 2.42. The van der Waals surface area contributed by atoms with E-state index in [2.05, 4.69) is 45.0 Å². The molecule has 0 amide bonds. The summed E-state index contributed by atoms with van der Waals surface area (Å²) in [4.78, 5) is 0. The van der Waals surface area contributed by atoms with E-state index >= 15 is 0 Å². The molecule has 0 N–H and O–H groups in total. The molecule has 0 heterocycles. The van der Waals surface area contributed by atoms with Crippen molar-refractivity contribution in [3.05, 3.63) is 35.4 Å².